The summed E-state index contributed by atoms with van der Waals surface area (Å²) in [6.45, 7) is 0.977. The van der Waals surface area contributed by atoms with Gasteiger partial charge in [0, 0.05) is 19.0 Å². The minimum atomic E-state index is 0.229. The van der Waals surface area contributed by atoms with E-state index in [0.29, 0.717) is 11.8 Å². The van der Waals surface area contributed by atoms with E-state index in [4.69, 9.17) is 0 Å². The maximum absolute atomic E-state index is 11.8. The van der Waals surface area contributed by atoms with E-state index in [-0.39, 0.29) is 6.04 Å². The normalized spacial score (nSPS) is 25.6. The van der Waals surface area contributed by atoms with Crippen molar-refractivity contribution in [1.29, 1.82) is 0 Å². The molecule has 1 unspecified atom stereocenters. The first-order valence-electron chi connectivity index (χ1n) is 6.14. The monoisotopic (exact) mass is 235 g/mol. The number of carbonyl (C=O) groups is 1. The van der Waals surface area contributed by atoms with Crippen molar-refractivity contribution in [2.75, 3.05) is 0 Å². The largest absolute Gasteiger partial charge is 0.298 e. The van der Waals surface area contributed by atoms with Gasteiger partial charge in [0.05, 0.1) is 6.04 Å². The summed E-state index contributed by atoms with van der Waals surface area (Å²) in [5.74, 6) is 0.474. The fourth-order valence-corrected chi connectivity index (χ4v) is 3.30. The molecule has 2 aliphatic carbocycles. The van der Waals surface area contributed by atoms with Crippen molar-refractivity contribution >= 4 is 17.1 Å². The fraction of sp³-hybridized carbons (Fsp3) is 0.615. The summed E-state index contributed by atoms with van der Waals surface area (Å²) in [7, 11) is 0. The Morgan fingerprint density at radius 2 is 2.25 bits per heavy atom. The fourth-order valence-electron chi connectivity index (χ4n) is 2.64. The summed E-state index contributed by atoms with van der Waals surface area (Å²) in [6, 6.07) is 3.10. The molecule has 1 atom stereocenters. The molecule has 0 radical (unpaired) electrons. The van der Waals surface area contributed by atoms with E-state index >= 15 is 0 Å². The summed E-state index contributed by atoms with van der Waals surface area (Å²) < 4.78 is 0. The van der Waals surface area contributed by atoms with Gasteiger partial charge in [-0.25, -0.2) is 0 Å². The lowest BCUT2D eigenvalue weighted by atomic mass is 10.1. The molecule has 3 heteroatoms. The van der Waals surface area contributed by atoms with Gasteiger partial charge in [0.15, 0.2) is 0 Å². The Morgan fingerprint density at radius 3 is 2.81 bits per heavy atom. The van der Waals surface area contributed by atoms with Gasteiger partial charge in [-0.15, -0.1) is 0 Å². The van der Waals surface area contributed by atoms with Crippen molar-refractivity contribution in [3.05, 3.63) is 22.4 Å². The summed E-state index contributed by atoms with van der Waals surface area (Å²) in [4.78, 5) is 14.3. The molecule has 1 aromatic rings. The Morgan fingerprint density at radius 1 is 1.38 bits per heavy atom. The SMILES string of the molecule is O=C1CCCC1N(Cc1ccsc1)C1CC1. The van der Waals surface area contributed by atoms with Crippen LogP contribution < -0.4 is 0 Å². The summed E-state index contributed by atoms with van der Waals surface area (Å²) in [5, 5.41) is 4.33. The van der Waals surface area contributed by atoms with Crippen molar-refractivity contribution in [3.63, 3.8) is 0 Å². The van der Waals surface area contributed by atoms with Crippen molar-refractivity contribution in [1.82, 2.24) is 4.90 Å². The van der Waals surface area contributed by atoms with Gasteiger partial charge in [-0.05, 0) is 48.1 Å². The second-order valence-electron chi connectivity index (χ2n) is 4.91. The highest BCUT2D eigenvalue weighted by atomic mass is 32.1. The lowest BCUT2D eigenvalue weighted by Crippen LogP contribution is -2.39. The van der Waals surface area contributed by atoms with E-state index in [1.807, 2.05) is 0 Å². The molecule has 0 amide bonds. The summed E-state index contributed by atoms with van der Waals surface area (Å²) in [5.41, 5.74) is 1.37. The van der Waals surface area contributed by atoms with E-state index in [0.717, 1.165) is 25.8 Å². The van der Waals surface area contributed by atoms with Crippen LogP contribution in [0.5, 0.6) is 0 Å². The van der Waals surface area contributed by atoms with Crippen molar-refractivity contribution in [3.8, 4) is 0 Å². The molecule has 2 nitrogen and oxygen atoms in total. The van der Waals surface area contributed by atoms with E-state index in [2.05, 4.69) is 21.7 Å². The van der Waals surface area contributed by atoms with Gasteiger partial charge in [-0.2, -0.15) is 11.3 Å². The van der Waals surface area contributed by atoms with E-state index in [1.54, 1.807) is 11.3 Å². The van der Waals surface area contributed by atoms with Crippen molar-refractivity contribution in [2.24, 2.45) is 0 Å². The lowest BCUT2D eigenvalue weighted by molar-refractivity contribution is -0.122. The molecule has 1 aromatic heterocycles. The van der Waals surface area contributed by atoms with Gasteiger partial charge >= 0.3 is 0 Å². The average Bonchev–Trinajstić information content (AvgIpc) is 2.82. The Hall–Kier alpha value is -0.670. The zero-order valence-electron chi connectivity index (χ0n) is 9.39. The van der Waals surface area contributed by atoms with Gasteiger partial charge in [0.2, 0.25) is 0 Å². The third kappa shape index (κ3) is 2.06. The molecule has 2 aliphatic rings. The number of hydrogen-bond acceptors (Lipinski definition) is 3. The number of nitrogens with zero attached hydrogens (tertiary/aromatic N) is 1. The Labute approximate surface area is 100 Å². The minimum Gasteiger partial charge on any atom is -0.298 e. The molecular formula is C13H17NOS. The van der Waals surface area contributed by atoms with E-state index in [9.17, 15) is 4.79 Å². The molecule has 1 heterocycles. The molecule has 16 heavy (non-hydrogen) atoms. The van der Waals surface area contributed by atoms with Crippen LogP contribution in [-0.4, -0.2) is 22.8 Å². The number of Topliss-reactive ketones (excluding diaryl/α,β-unsaturated/α-hetero) is 1. The van der Waals surface area contributed by atoms with Crippen LogP contribution in [0.1, 0.15) is 37.7 Å². The first-order chi connectivity index (χ1) is 7.84. The predicted molar refractivity (Wildman–Crippen MR) is 65.5 cm³/mol. The second kappa shape index (κ2) is 4.30. The topological polar surface area (TPSA) is 20.3 Å². The quantitative estimate of drug-likeness (QED) is 0.800. The maximum atomic E-state index is 11.8. The summed E-state index contributed by atoms with van der Waals surface area (Å²) >= 11 is 1.75. The zero-order valence-corrected chi connectivity index (χ0v) is 10.2. The molecule has 0 spiro atoms. The third-order valence-electron chi connectivity index (χ3n) is 3.63. The Bertz CT molecular complexity index is 369. The van der Waals surface area contributed by atoms with Gasteiger partial charge in [-0.1, -0.05) is 0 Å². The van der Waals surface area contributed by atoms with Crippen LogP contribution in [0.25, 0.3) is 0 Å². The van der Waals surface area contributed by atoms with E-state index in [1.165, 1.54) is 18.4 Å². The van der Waals surface area contributed by atoms with Crippen molar-refractivity contribution in [2.45, 2.75) is 50.7 Å². The number of thiophene rings is 1. The molecule has 2 fully saturated rings. The van der Waals surface area contributed by atoms with Crippen LogP contribution in [0.4, 0.5) is 0 Å². The van der Waals surface area contributed by atoms with Gasteiger partial charge in [-0.3, -0.25) is 9.69 Å². The predicted octanol–water partition coefficient (Wildman–Crippen LogP) is 2.83. The molecule has 0 saturated heterocycles. The Balaban J connectivity index is 1.73. The second-order valence-corrected chi connectivity index (χ2v) is 5.69. The first kappa shape index (κ1) is 10.5. The molecule has 0 N–H and O–H groups in total. The maximum Gasteiger partial charge on any atom is 0.149 e. The molecule has 0 bridgehead atoms. The minimum absolute atomic E-state index is 0.229. The number of hydrogen-bond donors (Lipinski definition) is 0. The van der Waals surface area contributed by atoms with Gasteiger partial charge in [0.1, 0.15) is 5.78 Å². The number of carbonyl (C=O) groups excluding carboxylic acids is 1. The highest BCUT2D eigenvalue weighted by molar-refractivity contribution is 7.07. The molecule has 2 saturated carbocycles. The highest BCUT2D eigenvalue weighted by Crippen LogP contribution is 2.34. The van der Waals surface area contributed by atoms with Crippen LogP contribution in [0, 0.1) is 0 Å². The Kier molecular flexibility index (Phi) is 2.82. The third-order valence-corrected chi connectivity index (χ3v) is 4.37. The zero-order chi connectivity index (χ0) is 11.0. The molecule has 86 valence electrons. The van der Waals surface area contributed by atoms with Gasteiger partial charge < -0.3 is 0 Å². The van der Waals surface area contributed by atoms with Crippen LogP contribution in [-0.2, 0) is 11.3 Å². The van der Waals surface area contributed by atoms with Crippen LogP contribution in [0.3, 0.4) is 0 Å². The average molecular weight is 235 g/mol. The molecular weight excluding hydrogens is 218 g/mol. The lowest BCUT2D eigenvalue weighted by Gasteiger charge is -2.27. The smallest absolute Gasteiger partial charge is 0.149 e. The van der Waals surface area contributed by atoms with Crippen LogP contribution in [0.2, 0.25) is 0 Å². The number of rotatable bonds is 4. The van der Waals surface area contributed by atoms with Crippen LogP contribution in [0.15, 0.2) is 16.8 Å². The first-order valence-corrected chi connectivity index (χ1v) is 7.08. The number of ketones is 1. The van der Waals surface area contributed by atoms with Crippen molar-refractivity contribution < 1.29 is 4.79 Å². The summed E-state index contributed by atoms with van der Waals surface area (Å²) in [6.07, 6.45) is 5.55. The van der Waals surface area contributed by atoms with E-state index < -0.39 is 0 Å². The van der Waals surface area contributed by atoms with Crippen LogP contribution >= 0.6 is 11.3 Å². The molecule has 0 aliphatic heterocycles. The molecule has 3 rings (SSSR count). The molecule has 0 aromatic carbocycles. The van der Waals surface area contributed by atoms with Gasteiger partial charge in [0.25, 0.3) is 0 Å². The highest BCUT2D eigenvalue weighted by Gasteiger charge is 2.38. The standard InChI is InChI=1S/C13H17NOS/c15-13-3-1-2-12(13)14(11-4-5-11)8-10-6-7-16-9-10/h6-7,9,11-12H,1-5,8H2.